The molecule has 0 N–H and O–H groups in total. The summed E-state index contributed by atoms with van der Waals surface area (Å²) in [5, 5.41) is 12.4. The Morgan fingerprint density at radius 1 is 0.293 bits per heavy atom. The van der Waals surface area contributed by atoms with Crippen molar-refractivity contribution in [2.24, 2.45) is 0 Å². The maximum absolute atomic E-state index is 2.44. The smallest absolute Gasteiger partial charge is 0.0468 e. The van der Waals surface area contributed by atoms with E-state index in [-0.39, 0.29) is 0 Å². The standard InChI is InChI=1S/C57H39N/c1-38-24-26-42(27-25-38)53-37-52(41-16-4-2-5-17-41)55(43-18-6-3-7-19-43)57-51-33-32-48(36-54(51)49-22-12-13-23-50(49)56(53)57)58(46-30-28-39-14-8-10-20-44(39)34-46)47-31-29-40-15-9-11-21-45(40)35-47/h2-37H,1H3. The zero-order valence-corrected chi connectivity index (χ0v) is 32.2. The zero-order chi connectivity index (χ0) is 38.6. The van der Waals surface area contributed by atoms with Gasteiger partial charge in [-0.15, -0.1) is 0 Å². The third-order valence-electron chi connectivity index (χ3n) is 11.8. The fraction of sp³-hybridized carbons (Fsp3) is 0.0175. The van der Waals surface area contributed by atoms with Crippen LogP contribution in [0.3, 0.4) is 0 Å². The first-order chi connectivity index (χ1) is 28.7. The quantitative estimate of drug-likeness (QED) is 0.154. The molecule has 0 saturated heterocycles. The first-order valence-electron chi connectivity index (χ1n) is 20.1. The molecule has 1 heteroatoms. The van der Waals surface area contributed by atoms with Gasteiger partial charge in [0.2, 0.25) is 0 Å². The highest BCUT2D eigenvalue weighted by molar-refractivity contribution is 6.33. The summed E-state index contributed by atoms with van der Waals surface area (Å²) in [5.41, 5.74) is 11.9. The Bertz CT molecular complexity index is 3250. The zero-order valence-electron chi connectivity index (χ0n) is 32.2. The van der Waals surface area contributed by atoms with Crippen LogP contribution in [0.2, 0.25) is 0 Å². The number of hydrogen-bond donors (Lipinski definition) is 0. The van der Waals surface area contributed by atoms with Crippen LogP contribution in [0.15, 0.2) is 218 Å². The molecule has 0 spiro atoms. The van der Waals surface area contributed by atoms with Crippen LogP contribution in [0.25, 0.3) is 87.2 Å². The van der Waals surface area contributed by atoms with Gasteiger partial charge >= 0.3 is 0 Å². The van der Waals surface area contributed by atoms with Gasteiger partial charge in [-0.2, -0.15) is 0 Å². The van der Waals surface area contributed by atoms with E-state index in [0.717, 1.165) is 17.1 Å². The molecule has 1 nitrogen and oxygen atoms in total. The van der Waals surface area contributed by atoms with Crippen molar-refractivity contribution in [3.63, 3.8) is 0 Å². The van der Waals surface area contributed by atoms with E-state index in [4.69, 9.17) is 0 Å². The highest BCUT2D eigenvalue weighted by Gasteiger charge is 2.23. The molecule has 0 bridgehead atoms. The van der Waals surface area contributed by atoms with Crippen molar-refractivity contribution in [2.75, 3.05) is 4.90 Å². The lowest BCUT2D eigenvalue weighted by Crippen LogP contribution is -2.10. The van der Waals surface area contributed by atoms with E-state index >= 15 is 0 Å². The maximum Gasteiger partial charge on any atom is 0.0468 e. The first-order valence-corrected chi connectivity index (χ1v) is 20.1. The summed E-state index contributed by atoms with van der Waals surface area (Å²) < 4.78 is 0. The van der Waals surface area contributed by atoms with E-state index in [9.17, 15) is 0 Å². The highest BCUT2D eigenvalue weighted by Crippen LogP contribution is 2.50. The second kappa shape index (κ2) is 13.9. The molecular formula is C57H39N. The molecule has 11 rings (SSSR count). The molecule has 0 amide bonds. The topological polar surface area (TPSA) is 3.24 Å². The Hall–Kier alpha value is -7.48. The Kier molecular flexibility index (Phi) is 8.12. The van der Waals surface area contributed by atoms with Gasteiger partial charge in [-0.3, -0.25) is 0 Å². The second-order valence-electron chi connectivity index (χ2n) is 15.4. The van der Waals surface area contributed by atoms with E-state index in [1.54, 1.807) is 0 Å². The van der Waals surface area contributed by atoms with Gasteiger partial charge in [0, 0.05) is 17.1 Å². The van der Waals surface area contributed by atoms with E-state index in [1.165, 1.54) is 92.8 Å². The van der Waals surface area contributed by atoms with Crippen molar-refractivity contribution in [1.82, 2.24) is 0 Å². The molecule has 0 aliphatic rings. The van der Waals surface area contributed by atoms with Crippen molar-refractivity contribution in [3.8, 4) is 33.4 Å². The van der Waals surface area contributed by atoms with Gasteiger partial charge in [0.25, 0.3) is 0 Å². The summed E-state index contributed by atoms with van der Waals surface area (Å²) in [5.74, 6) is 0. The minimum absolute atomic E-state index is 1.11. The van der Waals surface area contributed by atoms with Crippen molar-refractivity contribution < 1.29 is 0 Å². The Balaban J connectivity index is 1.27. The monoisotopic (exact) mass is 737 g/mol. The van der Waals surface area contributed by atoms with Gasteiger partial charge in [-0.05, 0) is 137 Å². The van der Waals surface area contributed by atoms with E-state index in [2.05, 4.69) is 230 Å². The van der Waals surface area contributed by atoms with Crippen molar-refractivity contribution in [1.29, 1.82) is 0 Å². The molecule has 11 aromatic rings. The lowest BCUT2D eigenvalue weighted by molar-refractivity contribution is 1.30. The third-order valence-corrected chi connectivity index (χ3v) is 11.8. The highest BCUT2D eigenvalue weighted by atomic mass is 15.1. The van der Waals surface area contributed by atoms with E-state index < -0.39 is 0 Å². The molecule has 0 radical (unpaired) electrons. The van der Waals surface area contributed by atoms with Crippen LogP contribution < -0.4 is 4.90 Å². The van der Waals surface area contributed by atoms with Gasteiger partial charge < -0.3 is 4.90 Å². The average molecular weight is 738 g/mol. The molecule has 0 unspecified atom stereocenters. The predicted molar refractivity (Wildman–Crippen MR) is 250 cm³/mol. The Morgan fingerprint density at radius 3 is 1.41 bits per heavy atom. The fourth-order valence-corrected chi connectivity index (χ4v) is 9.07. The fourth-order valence-electron chi connectivity index (χ4n) is 9.07. The molecule has 0 aliphatic heterocycles. The second-order valence-corrected chi connectivity index (χ2v) is 15.4. The third kappa shape index (κ3) is 5.71. The predicted octanol–water partition coefficient (Wildman–Crippen LogP) is 16.2. The van der Waals surface area contributed by atoms with E-state index in [0.29, 0.717) is 0 Å². The number of hydrogen-bond acceptors (Lipinski definition) is 1. The molecule has 0 aliphatic carbocycles. The summed E-state index contributed by atoms with van der Waals surface area (Å²) in [4.78, 5) is 2.42. The molecule has 0 atom stereocenters. The molecular weight excluding hydrogens is 699 g/mol. The van der Waals surface area contributed by atoms with Gasteiger partial charge in [-0.25, -0.2) is 0 Å². The summed E-state index contributed by atoms with van der Waals surface area (Å²) in [6.07, 6.45) is 0. The lowest BCUT2D eigenvalue weighted by Gasteiger charge is -2.27. The van der Waals surface area contributed by atoms with E-state index in [1.807, 2.05) is 0 Å². The summed E-state index contributed by atoms with van der Waals surface area (Å²) in [6, 6.07) is 80.4. The van der Waals surface area contributed by atoms with Crippen molar-refractivity contribution in [2.45, 2.75) is 6.92 Å². The molecule has 58 heavy (non-hydrogen) atoms. The minimum Gasteiger partial charge on any atom is -0.310 e. The van der Waals surface area contributed by atoms with Gasteiger partial charge in [0.1, 0.15) is 0 Å². The average Bonchev–Trinajstić information content (AvgIpc) is 3.29. The summed E-state index contributed by atoms with van der Waals surface area (Å²) >= 11 is 0. The number of nitrogens with zero attached hydrogens (tertiary/aromatic N) is 1. The van der Waals surface area contributed by atoms with Gasteiger partial charge in [-0.1, -0.05) is 181 Å². The van der Waals surface area contributed by atoms with Crippen LogP contribution in [0, 0.1) is 6.92 Å². The molecule has 0 heterocycles. The molecule has 0 aromatic heterocycles. The number of fused-ring (bicyclic) bond motifs is 8. The van der Waals surface area contributed by atoms with Crippen molar-refractivity contribution in [3.05, 3.63) is 224 Å². The van der Waals surface area contributed by atoms with Gasteiger partial charge in [0.15, 0.2) is 0 Å². The van der Waals surface area contributed by atoms with Gasteiger partial charge in [0.05, 0.1) is 0 Å². The number of anilines is 3. The van der Waals surface area contributed by atoms with Crippen LogP contribution in [0.5, 0.6) is 0 Å². The van der Waals surface area contributed by atoms with Crippen LogP contribution in [0.4, 0.5) is 17.1 Å². The van der Waals surface area contributed by atoms with Crippen LogP contribution >= 0.6 is 0 Å². The minimum atomic E-state index is 1.11. The van der Waals surface area contributed by atoms with Crippen LogP contribution in [-0.4, -0.2) is 0 Å². The SMILES string of the molecule is Cc1ccc(-c2cc(-c3ccccc3)c(-c3ccccc3)c3c4ccc(N(c5ccc6ccccc6c5)c5ccc6ccccc6c5)cc4c4ccccc4c23)cc1. The normalized spacial score (nSPS) is 11.5. The Labute approximate surface area is 338 Å². The van der Waals surface area contributed by atoms with Crippen LogP contribution in [0.1, 0.15) is 5.56 Å². The summed E-state index contributed by atoms with van der Waals surface area (Å²) in [6.45, 7) is 2.16. The maximum atomic E-state index is 2.44. The number of rotatable bonds is 6. The van der Waals surface area contributed by atoms with Crippen molar-refractivity contribution >= 4 is 70.9 Å². The molecule has 272 valence electrons. The largest absolute Gasteiger partial charge is 0.310 e. The summed E-state index contributed by atoms with van der Waals surface area (Å²) in [7, 11) is 0. The number of benzene rings is 11. The number of aryl methyl sites for hydroxylation is 1. The van der Waals surface area contributed by atoms with Crippen LogP contribution in [-0.2, 0) is 0 Å². The lowest BCUT2D eigenvalue weighted by atomic mass is 9.81. The molecule has 0 saturated carbocycles. The molecule has 0 fully saturated rings. The first kappa shape index (κ1) is 33.8. The molecule has 11 aromatic carbocycles. The Morgan fingerprint density at radius 2 is 0.776 bits per heavy atom.